The number of aromatic nitrogens is 2. The molecule has 2 aromatic carbocycles. The number of hydrogen-bond acceptors (Lipinski definition) is 5. The molecular weight excluding hydrogens is 330 g/mol. The summed E-state index contributed by atoms with van der Waals surface area (Å²) in [4.78, 5) is 15.4. The van der Waals surface area contributed by atoms with E-state index in [1.165, 1.54) is 7.11 Å². The molecule has 1 aromatic heterocycles. The summed E-state index contributed by atoms with van der Waals surface area (Å²) < 4.78 is 11.8. The van der Waals surface area contributed by atoms with Crippen molar-refractivity contribution in [2.45, 2.75) is 6.54 Å². The van der Waals surface area contributed by atoms with Gasteiger partial charge < -0.3 is 14.0 Å². The van der Waals surface area contributed by atoms with Crippen LogP contribution in [0.4, 0.5) is 0 Å². The van der Waals surface area contributed by atoms with E-state index < -0.39 is 5.97 Å². The van der Waals surface area contributed by atoms with Crippen molar-refractivity contribution >= 4 is 23.1 Å². The Kier molecular flexibility index (Phi) is 5.30. The van der Waals surface area contributed by atoms with Crippen molar-refractivity contribution in [1.82, 2.24) is 9.55 Å². The number of imidazole rings is 1. The zero-order valence-electron chi connectivity index (χ0n) is 14.3. The van der Waals surface area contributed by atoms with Crippen molar-refractivity contribution in [1.29, 1.82) is 5.26 Å². The molecule has 0 unspecified atom stereocenters. The number of allylic oxidation sites excluding steroid dienone is 1. The molecule has 0 fully saturated rings. The summed E-state index contributed by atoms with van der Waals surface area (Å²) in [6.45, 7) is 0.306. The fourth-order valence-corrected chi connectivity index (χ4v) is 2.50. The molecule has 0 saturated heterocycles. The van der Waals surface area contributed by atoms with E-state index in [0.717, 1.165) is 16.6 Å². The summed E-state index contributed by atoms with van der Waals surface area (Å²) in [5.41, 5.74) is 3.37. The molecule has 0 N–H and O–H groups in total. The topological polar surface area (TPSA) is 77.1 Å². The molecule has 26 heavy (non-hydrogen) atoms. The van der Waals surface area contributed by atoms with Crippen LogP contribution >= 0.6 is 0 Å². The number of nitrogens with zero attached hydrogens (tertiary/aromatic N) is 3. The molecule has 1 heterocycles. The Balaban J connectivity index is 1.72. The number of benzene rings is 2. The molecule has 3 aromatic rings. The summed E-state index contributed by atoms with van der Waals surface area (Å²) in [7, 11) is 1.31. The standard InChI is InChI=1S/C20H17N3O3/c1-25-20(24)13-26-17-8-6-15(7-9-17)10-16(11-21)12-23-14-22-18-4-2-3-5-19(18)23/h2-10,14H,12-13H2,1H3/b16-10-. The first kappa shape index (κ1) is 17.2. The first-order valence-corrected chi connectivity index (χ1v) is 8.00. The molecule has 0 aliphatic heterocycles. The quantitative estimate of drug-likeness (QED) is 0.505. The molecular formula is C20H17N3O3. The van der Waals surface area contributed by atoms with Crippen LogP contribution < -0.4 is 4.74 Å². The number of ether oxygens (including phenoxy) is 2. The van der Waals surface area contributed by atoms with Gasteiger partial charge in [0.1, 0.15) is 5.75 Å². The molecule has 0 saturated carbocycles. The van der Waals surface area contributed by atoms with E-state index >= 15 is 0 Å². The smallest absolute Gasteiger partial charge is 0.343 e. The Morgan fingerprint density at radius 2 is 2.00 bits per heavy atom. The lowest BCUT2D eigenvalue weighted by Gasteiger charge is -2.06. The Bertz CT molecular complexity index is 981. The fraction of sp³-hybridized carbons (Fsp3) is 0.150. The number of methoxy groups -OCH3 is 1. The zero-order valence-corrected chi connectivity index (χ0v) is 14.3. The molecule has 0 atom stereocenters. The maximum absolute atomic E-state index is 11.1. The second-order valence-electron chi connectivity index (χ2n) is 5.58. The summed E-state index contributed by atoms with van der Waals surface area (Å²) in [5, 5.41) is 9.46. The van der Waals surface area contributed by atoms with Gasteiger partial charge in [-0.2, -0.15) is 5.26 Å². The minimum atomic E-state index is -0.437. The van der Waals surface area contributed by atoms with Crippen LogP contribution in [0, 0.1) is 11.3 Å². The Morgan fingerprint density at radius 3 is 2.73 bits per heavy atom. The van der Waals surface area contributed by atoms with Crippen molar-refractivity contribution in [3.63, 3.8) is 0 Å². The third-order valence-corrected chi connectivity index (χ3v) is 3.82. The maximum atomic E-state index is 11.1. The number of esters is 1. The minimum absolute atomic E-state index is 0.136. The van der Waals surface area contributed by atoms with E-state index in [9.17, 15) is 10.1 Å². The molecule has 130 valence electrons. The largest absolute Gasteiger partial charge is 0.482 e. The second-order valence-corrected chi connectivity index (χ2v) is 5.58. The van der Waals surface area contributed by atoms with Crippen LogP contribution in [0.25, 0.3) is 17.1 Å². The van der Waals surface area contributed by atoms with Gasteiger partial charge in [-0.3, -0.25) is 0 Å². The summed E-state index contributed by atoms with van der Waals surface area (Å²) in [6, 6.07) is 17.2. The molecule has 0 aliphatic rings. The molecule has 6 nitrogen and oxygen atoms in total. The van der Waals surface area contributed by atoms with E-state index in [4.69, 9.17) is 4.74 Å². The monoisotopic (exact) mass is 347 g/mol. The lowest BCUT2D eigenvalue weighted by Crippen LogP contribution is -2.12. The van der Waals surface area contributed by atoms with Crippen molar-refractivity contribution < 1.29 is 14.3 Å². The van der Waals surface area contributed by atoms with Gasteiger partial charge in [0.05, 0.1) is 37.1 Å². The van der Waals surface area contributed by atoms with Crippen LogP contribution in [0.3, 0.4) is 0 Å². The van der Waals surface area contributed by atoms with Crippen LogP contribution in [0.15, 0.2) is 60.4 Å². The van der Waals surface area contributed by atoms with Gasteiger partial charge in [0, 0.05) is 5.57 Å². The molecule has 0 amide bonds. The van der Waals surface area contributed by atoms with Crippen LogP contribution in [0.5, 0.6) is 5.75 Å². The van der Waals surface area contributed by atoms with Crippen molar-refractivity contribution in [2.75, 3.05) is 13.7 Å². The van der Waals surface area contributed by atoms with Gasteiger partial charge in [-0.25, -0.2) is 9.78 Å². The third kappa shape index (κ3) is 4.08. The highest BCUT2D eigenvalue weighted by molar-refractivity contribution is 5.75. The second kappa shape index (κ2) is 7.99. The van der Waals surface area contributed by atoms with E-state index in [1.54, 1.807) is 18.5 Å². The Hall–Kier alpha value is -3.59. The van der Waals surface area contributed by atoms with Crippen molar-refractivity contribution in [3.05, 3.63) is 66.0 Å². The summed E-state index contributed by atoms with van der Waals surface area (Å²) in [5.74, 6) is 0.125. The fourth-order valence-electron chi connectivity index (χ4n) is 2.50. The highest BCUT2D eigenvalue weighted by atomic mass is 16.6. The minimum Gasteiger partial charge on any atom is -0.482 e. The normalized spacial score (nSPS) is 11.2. The van der Waals surface area contributed by atoms with E-state index in [-0.39, 0.29) is 6.61 Å². The van der Waals surface area contributed by atoms with Crippen LogP contribution in [-0.4, -0.2) is 29.2 Å². The summed E-state index contributed by atoms with van der Waals surface area (Å²) in [6.07, 6.45) is 3.55. The highest BCUT2D eigenvalue weighted by Crippen LogP contribution is 2.17. The third-order valence-electron chi connectivity index (χ3n) is 3.82. The van der Waals surface area contributed by atoms with Gasteiger partial charge in [-0.1, -0.05) is 24.3 Å². The molecule has 6 heteroatoms. The van der Waals surface area contributed by atoms with Crippen LogP contribution in [-0.2, 0) is 16.1 Å². The number of para-hydroxylation sites is 2. The van der Waals surface area contributed by atoms with Gasteiger partial charge in [0.15, 0.2) is 6.61 Å². The van der Waals surface area contributed by atoms with Crippen LogP contribution in [0.1, 0.15) is 5.56 Å². The average molecular weight is 347 g/mol. The van der Waals surface area contributed by atoms with Crippen LogP contribution in [0.2, 0.25) is 0 Å². The zero-order chi connectivity index (χ0) is 18.4. The number of fused-ring (bicyclic) bond motifs is 1. The van der Waals surface area contributed by atoms with E-state index in [1.807, 2.05) is 47.0 Å². The lowest BCUT2D eigenvalue weighted by atomic mass is 10.1. The highest BCUT2D eigenvalue weighted by Gasteiger charge is 2.05. The predicted octanol–water partition coefficient (Wildman–Crippen LogP) is 3.20. The first-order chi connectivity index (χ1) is 12.7. The molecule has 0 spiro atoms. The maximum Gasteiger partial charge on any atom is 0.343 e. The number of hydrogen-bond donors (Lipinski definition) is 0. The molecule has 3 rings (SSSR count). The van der Waals surface area contributed by atoms with Crippen molar-refractivity contribution in [3.8, 4) is 11.8 Å². The molecule has 0 bridgehead atoms. The summed E-state index contributed by atoms with van der Waals surface area (Å²) >= 11 is 0. The molecule has 0 radical (unpaired) electrons. The lowest BCUT2D eigenvalue weighted by molar-refractivity contribution is -0.142. The molecule has 0 aliphatic carbocycles. The van der Waals surface area contributed by atoms with Crippen molar-refractivity contribution in [2.24, 2.45) is 0 Å². The van der Waals surface area contributed by atoms with Gasteiger partial charge in [0.2, 0.25) is 0 Å². The average Bonchev–Trinajstić information content (AvgIpc) is 3.09. The number of nitriles is 1. The predicted molar refractivity (Wildman–Crippen MR) is 97.3 cm³/mol. The SMILES string of the molecule is COC(=O)COc1ccc(/C=C(/C#N)Cn2cnc3ccccc32)cc1. The number of rotatable bonds is 6. The van der Waals surface area contributed by atoms with Gasteiger partial charge >= 0.3 is 5.97 Å². The van der Waals surface area contributed by atoms with Gasteiger partial charge in [-0.15, -0.1) is 0 Å². The van der Waals surface area contributed by atoms with E-state index in [0.29, 0.717) is 17.9 Å². The van der Waals surface area contributed by atoms with E-state index in [2.05, 4.69) is 15.8 Å². The Labute approximate surface area is 150 Å². The van der Waals surface area contributed by atoms with Gasteiger partial charge in [-0.05, 0) is 35.9 Å². The Morgan fingerprint density at radius 1 is 1.23 bits per heavy atom. The van der Waals surface area contributed by atoms with Gasteiger partial charge in [0.25, 0.3) is 0 Å². The number of carbonyl (C=O) groups excluding carboxylic acids is 1. The first-order valence-electron chi connectivity index (χ1n) is 8.00. The number of carbonyl (C=O) groups is 1.